The number of pyridine rings is 1. The highest BCUT2D eigenvalue weighted by Gasteiger charge is 2.04. The molecular weight excluding hydrogens is 170 g/mol. The van der Waals surface area contributed by atoms with Gasteiger partial charge in [0.05, 0.1) is 11.9 Å². The quantitative estimate of drug-likeness (QED) is 0.558. The second-order valence-corrected chi connectivity index (χ2v) is 2.49. The Bertz CT molecular complexity index is 471. The highest BCUT2D eigenvalue weighted by Crippen LogP contribution is 2.18. The van der Waals surface area contributed by atoms with Gasteiger partial charge >= 0.3 is 5.69 Å². The predicted octanol–water partition coefficient (Wildman–Crippen LogP) is -0.258. The third-order valence-corrected chi connectivity index (χ3v) is 1.61. The van der Waals surface area contributed by atoms with Crippen molar-refractivity contribution in [3.63, 3.8) is 0 Å². The van der Waals surface area contributed by atoms with Crippen molar-refractivity contribution in [3.05, 3.63) is 28.9 Å². The number of hydrogen-bond acceptors (Lipinski definition) is 4. The van der Waals surface area contributed by atoms with E-state index in [2.05, 4.69) is 20.2 Å². The van der Waals surface area contributed by atoms with Crippen LogP contribution in [0.2, 0.25) is 0 Å². The monoisotopic (exact) mass is 177 g/mol. The molecule has 2 heterocycles. The molecule has 0 bridgehead atoms. The number of rotatable bonds is 1. The Hall–Kier alpha value is -2.11. The zero-order chi connectivity index (χ0) is 9.26. The standard InChI is InChI=1S/C7H7N5O/c8-5-3-9-2-1-4(5)6-10-7(13)12-11-6/h1-3H,8H2,(H2,10,11,12,13). The molecular formula is C7H7N5O. The van der Waals surface area contributed by atoms with Gasteiger partial charge in [0.25, 0.3) is 0 Å². The number of hydrogen-bond donors (Lipinski definition) is 3. The van der Waals surface area contributed by atoms with Crippen molar-refractivity contribution in [1.29, 1.82) is 0 Å². The molecule has 6 heteroatoms. The van der Waals surface area contributed by atoms with E-state index in [0.717, 1.165) is 0 Å². The van der Waals surface area contributed by atoms with Crippen LogP contribution in [0.3, 0.4) is 0 Å². The number of nitrogens with two attached hydrogens (primary N) is 1. The number of nitrogen functional groups attached to an aromatic ring is 1. The molecule has 2 rings (SSSR count). The molecule has 0 aliphatic carbocycles. The third-order valence-electron chi connectivity index (χ3n) is 1.61. The van der Waals surface area contributed by atoms with Gasteiger partial charge in [0.2, 0.25) is 0 Å². The lowest BCUT2D eigenvalue weighted by atomic mass is 10.2. The fraction of sp³-hybridized carbons (Fsp3) is 0. The number of aromatic amines is 2. The van der Waals surface area contributed by atoms with E-state index < -0.39 is 0 Å². The lowest BCUT2D eigenvalue weighted by Crippen LogP contribution is -2.00. The average Bonchev–Trinajstić information content (AvgIpc) is 2.53. The zero-order valence-electron chi connectivity index (χ0n) is 6.61. The summed E-state index contributed by atoms with van der Waals surface area (Å²) in [6, 6.07) is 1.68. The lowest BCUT2D eigenvalue weighted by Gasteiger charge is -1.98. The normalized spacial score (nSPS) is 10.2. The van der Waals surface area contributed by atoms with E-state index in [4.69, 9.17) is 5.73 Å². The van der Waals surface area contributed by atoms with Crippen LogP contribution in [0.25, 0.3) is 11.4 Å². The molecule has 13 heavy (non-hydrogen) atoms. The largest absolute Gasteiger partial charge is 0.397 e. The molecule has 0 saturated carbocycles. The van der Waals surface area contributed by atoms with Crippen LogP contribution in [-0.4, -0.2) is 20.2 Å². The second-order valence-electron chi connectivity index (χ2n) is 2.49. The van der Waals surface area contributed by atoms with E-state index in [0.29, 0.717) is 17.1 Å². The minimum atomic E-state index is -0.355. The van der Waals surface area contributed by atoms with Crippen LogP contribution >= 0.6 is 0 Å². The Labute approximate surface area is 72.8 Å². The molecule has 6 nitrogen and oxygen atoms in total. The molecule has 0 atom stereocenters. The second kappa shape index (κ2) is 2.74. The van der Waals surface area contributed by atoms with Crippen molar-refractivity contribution in [2.24, 2.45) is 0 Å². The van der Waals surface area contributed by atoms with Crippen LogP contribution in [0.4, 0.5) is 5.69 Å². The van der Waals surface area contributed by atoms with Gasteiger partial charge in [-0.2, -0.15) is 5.10 Å². The van der Waals surface area contributed by atoms with Gasteiger partial charge in [-0.05, 0) is 6.07 Å². The molecule has 0 aliphatic rings. The van der Waals surface area contributed by atoms with E-state index >= 15 is 0 Å². The minimum Gasteiger partial charge on any atom is -0.397 e. The van der Waals surface area contributed by atoms with E-state index in [-0.39, 0.29) is 5.69 Å². The fourth-order valence-corrected chi connectivity index (χ4v) is 1.02. The Morgan fingerprint density at radius 2 is 2.31 bits per heavy atom. The highest BCUT2D eigenvalue weighted by atomic mass is 16.1. The first-order valence-corrected chi connectivity index (χ1v) is 3.62. The molecule has 0 spiro atoms. The first-order valence-electron chi connectivity index (χ1n) is 3.62. The maximum Gasteiger partial charge on any atom is 0.340 e. The molecule has 4 N–H and O–H groups in total. The van der Waals surface area contributed by atoms with Gasteiger partial charge in [-0.25, -0.2) is 9.89 Å². The molecule has 0 unspecified atom stereocenters. The summed E-state index contributed by atoms with van der Waals surface area (Å²) in [5, 5.41) is 6.00. The van der Waals surface area contributed by atoms with E-state index in [1.54, 1.807) is 12.3 Å². The maximum atomic E-state index is 10.7. The van der Waals surface area contributed by atoms with Crippen molar-refractivity contribution in [2.75, 3.05) is 5.73 Å². The topological polar surface area (TPSA) is 100 Å². The Kier molecular flexibility index (Phi) is 1.59. The maximum absolute atomic E-state index is 10.7. The van der Waals surface area contributed by atoms with Gasteiger partial charge in [0.15, 0.2) is 5.82 Å². The molecule has 0 saturated heterocycles. The SMILES string of the molecule is Nc1cnccc1-c1n[nH]c(=O)[nH]1. The highest BCUT2D eigenvalue weighted by molar-refractivity contribution is 5.69. The number of H-pyrrole nitrogens is 2. The van der Waals surface area contributed by atoms with E-state index in [1.165, 1.54) is 6.20 Å². The summed E-state index contributed by atoms with van der Waals surface area (Å²) >= 11 is 0. The van der Waals surface area contributed by atoms with Gasteiger partial charge < -0.3 is 5.73 Å². The van der Waals surface area contributed by atoms with E-state index in [1.807, 2.05) is 0 Å². The molecule has 0 aliphatic heterocycles. The summed E-state index contributed by atoms with van der Waals surface area (Å²) in [6.45, 7) is 0. The molecule has 0 aromatic carbocycles. The summed E-state index contributed by atoms with van der Waals surface area (Å²) in [7, 11) is 0. The molecule has 0 amide bonds. The number of nitrogens with one attached hydrogen (secondary N) is 2. The Morgan fingerprint density at radius 3 is 2.92 bits per heavy atom. The lowest BCUT2D eigenvalue weighted by molar-refractivity contribution is 1.05. The van der Waals surface area contributed by atoms with Crippen molar-refractivity contribution in [3.8, 4) is 11.4 Å². The van der Waals surface area contributed by atoms with Gasteiger partial charge in [-0.3, -0.25) is 9.97 Å². The van der Waals surface area contributed by atoms with Gasteiger partial charge in [0.1, 0.15) is 0 Å². The van der Waals surface area contributed by atoms with Crippen LogP contribution in [0.1, 0.15) is 0 Å². The summed E-state index contributed by atoms with van der Waals surface area (Å²) in [5.41, 5.74) is 6.41. The van der Waals surface area contributed by atoms with Crippen LogP contribution in [0.15, 0.2) is 23.3 Å². The van der Waals surface area contributed by atoms with Crippen molar-refractivity contribution < 1.29 is 0 Å². The minimum absolute atomic E-state index is 0.355. The average molecular weight is 177 g/mol. The van der Waals surface area contributed by atoms with Gasteiger partial charge in [-0.1, -0.05) is 0 Å². The Morgan fingerprint density at radius 1 is 1.46 bits per heavy atom. The molecule has 0 fully saturated rings. The third kappa shape index (κ3) is 1.28. The first kappa shape index (κ1) is 7.53. The molecule has 0 radical (unpaired) electrons. The van der Waals surface area contributed by atoms with Gasteiger partial charge in [-0.15, -0.1) is 0 Å². The summed E-state index contributed by atoms with van der Waals surface area (Å²) < 4.78 is 0. The van der Waals surface area contributed by atoms with Crippen molar-refractivity contribution >= 4 is 5.69 Å². The van der Waals surface area contributed by atoms with Crippen molar-refractivity contribution in [2.45, 2.75) is 0 Å². The molecule has 2 aromatic heterocycles. The summed E-state index contributed by atoms with van der Waals surface area (Å²) in [5.74, 6) is 0.421. The Balaban J connectivity index is 2.58. The molecule has 66 valence electrons. The smallest absolute Gasteiger partial charge is 0.340 e. The van der Waals surface area contributed by atoms with Crippen LogP contribution in [0.5, 0.6) is 0 Å². The summed E-state index contributed by atoms with van der Waals surface area (Å²) in [6.07, 6.45) is 3.08. The van der Waals surface area contributed by atoms with Crippen LogP contribution in [-0.2, 0) is 0 Å². The number of nitrogens with zero attached hydrogens (tertiary/aromatic N) is 2. The van der Waals surface area contributed by atoms with Crippen molar-refractivity contribution in [1.82, 2.24) is 20.2 Å². The fourth-order valence-electron chi connectivity index (χ4n) is 1.02. The zero-order valence-corrected chi connectivity index (χ0v) is 6.61. The predicted molar refractivity (Wildman–Crippen MR) is 46.9 cm³/mol. The van der Waals surface area contributed by atoms with E-state index in [9.17, 15) is 4.79 Å². The molecule has 2 aromatic rings. The van der Waals surface area contributed by atoms with Crippen LogP contribution < -0.4 is 11.4 Å². The summed E-state index contributed by atoms with van der Waals surface area (Å²) in [4.78, 5) is 17.1. The first-order chi connectivity index (χ1) is 6.27. The van der Waals surface area contributed by atoms with Gasteiger partial charge in [0, 0.05) is 11.8 Å². The van der Waals surface area contributed by atoms with Crippen LogP contribution in [0, 0.1) is 0 Å². The number of aromatic nitrogens is 4. The number of anilines is 1.